The first kappa shape index (κ1) is 18.9. The third-order valence-corrected chi connectivity index (χ3v) is 6.48. The zero-order chi connectivity index (χ0) is 22.5. The van der Waals surface area contributed by atoms with Crippen LogP contribution in [0.25, 0.3) is 61.0 Å². The number of furan rings is 1. The van der Waals surface area contributed by atoms with Crippen molar-refractivity contribution in [3.05, 3.63) is 122 Å². The lowest BCUT2D eigenvalue weighted by Gasteiger charge is -2.13. The Bertz CT molecular complexity index is 1740. The van der Waals surface area contributed by atoms with Crippen molar-refractivity contribution in [1.29, 1.82) is 0 Å². The van der Waals surface area contributed by atoms with Crippen LogP contribution < -0.4 is 0 Å². The lowest BCUT2D eigenvalue weighted by atomic mass is 10.1. The van der Waals surface area contributed by atoms with E-state index in [2.05, 4.69) is 108 Å². The normalized spacial score (nSPS) is 11.5. The molecule has 3 heterocycles. The molecule has 0 bridgehead atoms. The van der Waals surface area contributed by atoms with Gasteiger partial charge in [0.15, 0.2) is 0 Å². The number of para-hydroxylation sites is 1. The van der Waals surface area contributed by atoms with Crippen molar-refractivity contribution < 1.29 is 4.42 Å². The van der Waals surface area contributed by atoms with Crippen molar-refractivity contribution in [2.24, 2.45) is 0 Å². The molecule has 0 fully saturated rings. The maximum Gasteiger partial charge on any atom is 0.134 e. The first-order chi connectivity index (χ1) is 16.9. The number of fused-ring (bicyclic) bond motifs is 5. The van der Waals surface area contributed by atoms with Gasteiger partial charge in [-0.2, -0.15) is 0 Å². The van der Waals surface area contributed by atoms with Gasteiger partial charge in [-0.15, -0.1) is 0 Å². The third-order valence-electron chi connectivity index (χ3n) is 6.48. The van der Waals surface area contributed by atoms with Gasteiger partial charge in [-0.25, -0.2) is 4.98 Å². The van der Waals surface area contributed by atoms with Crippen LogP contribution in [-0.2, 0) is 0 Å². The van der Waals surface area contributed by atoms with E-state index in [9.17, 15) is 0 Å². The molecular formula is C31H20N2O. The van der Waals surface area contributed by atoms with Crippen LogP contribution in [0.4, 0.5) is 0 Å². The number of aromatic nitrogens is 2. The maximum atomic E-state index is 5.72. The van der Waals surface area contributed by atoms with Gasteiger partial charge in [0.1, 0.15) is 5.58 Å². The first-order valence-corrected chi connectivity index (χ1v) is 11.4. The van der Waals surface area contributed by atoms with Gasteiger partial charge in [-0.05, 0) is 36.4 Å². The standard InChI is InChI=1S/C31H20N2O/c1-3-9-21(10-4-1)26-19-23(20-27(32-26)22-11-5-2-6-12-22)33-28-14-8-7-13-24(28)31-25-17-18-34-30(25)16-15-29(31)33/h1-20H. The van der Waals surface area contributed by atoms with E-state index in [0.717, 1.165) is 50.2 Å². The summed E-state index contributed by atoms with van der Waals surface area (Å²) in [4.78, 5) is 5.06. The zero-order valence-corrected chi connectivity index (χ0v) is 18.3. The van der Waals surface area contributed by atoms with Crippen LogP contribution in [-0.4, -0.2) is 9.55 Å². The Balaban J connectivity index is 1.59. The molecule has 0 amide bonds. The van der Waals surface area contributed by atoms with Gasteiger partial charge in [0, 0.05) is 27.3 Å². The molecule has 0 radical (unpaired) electrons. The fraction of sp³-hybridized carbons (Fsp3) is 0. The van der Waals surface area contributed by atoms with Gasteiger partial charge in [0.2, 0.25) is 0 Å². The molecule has 3 nitrogen and oxygen atoms in total. The first-order valence-electron chi connectivity index (χ1n) is 11.4. The Kier molecular flexibility index (Phi) is 4.15. The summed E-state index contributed by atoms with van der Waals surface area (Å²) < 4.78 is 8.07. The Morgan fingerprint density at radius 3 is 1.91 bits per heavy atom. The monoisotopic (exact) mass is 436 g/mol. The molecule has 0 aliphatic heterocycles. The average molecular weight is 437 g/mol. The maximum absolute atomic E-state index is 5.72. The van der Waals surface area contributed by atoms with Crippen LogP contribution in [0, 0.1) is 0 Å². The summed E-state index contributed by atoms with van der Waals surface area (Å²) in [5.74, 6) is 0. The predicted octanol–water partition coefficient (Wildman–Crippen LogP) is 8.26. The predicted molar refractivity (Wildman–Crippen MR) is 139 cm³/mol. The van der Waals surface area contributed by atoms with Crippen LogP contribution in [0.5, 0.6) is 0 Å². The number of rotatable bonds is 3. The molecule has 0 N–H and O–H groups in total. The van der Waals surface area contributed by atoms with E-state index in [1.807, 2.05) is 12.1 Å². The second-order valence-corrected chi connectivity index (χ2v) is 8.47. The van der Waals surface area contributed by atoms with Gasteiger partial charge >= 0.3 is 0 Å². The Morgan fingerprint density at radius 1 is 0.559 bits per heavy atom. The fourth-order valence-electron chi connectivity index (χ4n) is 4.95. The van der Waals surface area contributed by atoms with E-state index in [4.69, 9.17) is 9.40 Å². The summed E-state index contributed by atoms with van der Waals surface area (Å²) >= 11 is 0. The Morgan fingerprint density at radius 2 is 1.21 bits per heavy atom. The average Bonchev–Trinajstić information content (AvgIpc) is 3.52. The molecule has 0 aliphatic rings. The molecule has 0 aliphatic carbocycles. The van der Waals surface area contributed by atoms with Crippen LogP contribution in [0.3, 0.4) is 0 Å². The van der Waals surface area contributed by atoms with Crippen molar-refractivity contribution in [2.75, 3.05) is 0 Å². The summed E-state index contributed by atoms with van der Waals surface area (Å²) in [5, 5.41) is 3.55. The summed E-state index contributed by atoms with van der Waals surface area (Å²) in [5.41, 5.74) is 8.40. The smallest absolute Gasteiger partial charge is 0.134 e. The Labute approximate surface area is 196 Å². The quantitative estimate of drug-likeness (QED) is 0.279. The van der Waals surface area contributed by atoms with Crippen LogP contribution in [0.2, 0.25) is 0 Å². The van der Waals surface area contributed by atoms with E-state index in [1.54, 1.807) is 6.26 Å². The van der Waals surface area contributed by atoms with Crippen molar-refractivity contribution in [1.82, 2.24) is 9.55 Å². The Hall–Kier alpha value is -4.63. The number of hydrogen-bond donors (Lipinski definition) is 0. The van der Waals surface area contributed by atoms with Gasteiger partial charge in [0.05, 0.1) is 34.4 Å². The molecule has 34 heavy (non-hydrogen) atoms. The highest BCUT2D eigenvalue weighted by Crippen LogP contribution is 2.38. The minimum Gasteiger partial charge on any atom is -0.464 e. The molecule has 0 saturated heterocycles. The lowest BCUT2D eigenvalue weighted by molar-refractivity contribution is 0.616. The topological polar surface area (TPSA) is 31.0 Å². The summed E-state index contributed by atoms with van der Waals surface area (Å²) in [6.45, 7) is 0. The van der Waals surface area contributed by atoms with Crippen molar-refractivity contribution >= 4 is 32.8 Å². The number of benzene rings is 4. The van der Waals surface area contributed by atoms with Crippen LogP contribution in [0.1, 0.15) is 0 Å². The molecule has 3 heteroatoms. The third kappa shape index (κ3) is 2.87. The van der Waals surface area contributed by atoms with E-state index in [-0.39, 0.29) is 0 Å². The van der Waals surface area contributed by atoms with Crippen molar-refractivity contribution in [2.45, 2.75) is 0 Å². The van der Waals surface area contributed by atoms with Gasteiger partial charge in [-0.1, -0.05) is 78.9 Å². The summed E-state index contributed by atoms with van der Waals surface area (Å²) in [6, 6.07) is 40.0. The molecule has 0 spiro atoms. The molecule has 0 saturated carbocycles. The lowest BCUT2D eigenvalue weighted by Crippen LogP contribution is -1.98. The van der Waals surface area contributed by atoms with E-state index in [1.165, 1.54) is 10.8 Å². The highest BCUT2D eigenvalue weighted by molar-refractivity contribution is 6.20. The molecule has 0 atom stereocenters. The minimum atomic E-state index is 0.903. The second-order valence-electron chi connectivity index (χ2n) is 8.47. The van der Waals surface area contributed by atoms with Gasteiger partial charge in [-0.3, -0.25) is 0 Å². The summed E-state index contributed by atoms with van der Waals surface area (Å²) in [6.07, 6.45) is 1.77. The van der Waals surface area contributed by atoms with Crippen LogP contribution >= 0.6 is 0 Å². The molecule has 4 aromatic carbocycles. The molecule has 3 aromatic heterocycles. The summed E-state index contributed by atoms with van der Waals surface area (Å²) in [7, 11) is 0. The molecular weight excluding hydrogens is 416 g/mol. The zero-order valence-electron chi connectivity index (χ0n) is 18.3. The number of hydrogen-bond acceptors (Lipinski definition) is 2. The van der Waals surface area contributed by atoms with Crippen molar-refractivity contribution in [3.8, 4) is 28.2 Å². The molecule has 7 aromatic rings. The molecule has 0 unspecified atom stereocenters. The van der Waals surface area contributed by atoms with E-state index >= 15 is 0 Å². The van der Waals surface area contributed by atoms with Crippen molar-refractivity contribution in [3.63, 3.8) is 0 Å². The largest absolute Gasteiger partial charge is 0.464 e. The second kappa shape index (κ2) is 7.46. The highest BCUT2D eigenvalue weighted by Gasteiger charge is 2.17. The van der Waals surface area contributed by atoms with Gasteiger partial charge in [0.25, 0.3) is 0 Å². The molecule has 7 rings (SSSR count). The fourth-order valence-corrected chi connectivity index (χ4v) is 4.95. The number of nitrogens with zero attached hydrogens (tertiary/aromatic N) is 2. The van der Waals surface area contributed by atoms with Gasteiger partial charge < -0.3 is 8.98 Å². The minimum absolute atomic E-state index is 0.903. The van der Waals surface area contributed by atoms with E-state index < -0.39 is 0 Å². The highest BCUT2D eigenvalue weighted by atomic mass is 16.3. The van der Waals surface area contributed by atoms with E-state index in [0.29, 0.717) is 0 Å². The van der Waals surface area contributed by atoms with Crippen LogP contribution in [0.15, 0.2) is 126 Å². The molecule has 160 valence electrons. The SMILES string of the molecule is c1ccc(-c2cc(-n3c4ccccc4c4c5ccoc5ccc43)cc(-c3ccccc3)n2)cc1. The number of pyridine rings is 1.